The molecule has 1 aliphatic rings. The molecule has 0 aliphatic heterocycles. The Bertz CT molecular complexity index is 207. The van der Waals surface area contributed by atoms with Gasteiger partial charge >= 0.3 is 0 Å². The van der Waals surface area contributed by atoms with E-state index in [1.165, 1.54) is 25.7 Å². The molecule has 0 spiro atoms. The molecule has 1 aliphatic carbocycles. The number of hydrogen-bond acceptors (Lipinski definition) is 2. The molecule has 1 rings (SSSR count). The highest BCUT2D eigenvalue weighted by atomic mass is 15.4. The van der Waals surface area contributed by atoms with Gasteiger partial charge in [-0.1, -0.05) is 26.7 Å². The van der Waals surface area contributed by atoms with E-state index in [0.29, 0.717) is 12.0 Å². The fourth-order valence-electron chi connectivity index (χ4n) is 2.09. The van der Waals surface area contributed by atoms with E-state index in [2.05, 4.69) is 29.2 Å². The van der Waals surface area contributed by atoms with Gasteiger partial charge in [0.05, 0.1) is 6.04 Å². The smallest absolute Gasteiger partial charge is 0.208 e. The number of aliphatic imine (C=N–C) groups is 1. The molecule has 0 aromatic carbocycles. The second-order valence-electron chi connectivity index (χ2n) is 4.81. The van der Waals surface area contributed by atoms with Gasteiger partial charge < -0.3 is 4.90 Å². The molecule has 0 bridgehead atoms. The van der Waals surface area contributed by atoms with Crippen molar-refractivity contribution in [1.29, 1.82) is 0 Å². The number of nitrogens with zero attached hydrogens (tertiary/aromatic N) is 2. The Balaban J connectivity index is 2.52. The van der Waals surface area contributed by atoms with Crippen molar-refractivity contribution in [3.8, 4) is 0 Å². The minimum absolute atomic E-state index is 0.477. The summed E-state index contributed by atoms with van der Waals surface area (Å²) < 4.78 is 0. The van der Waals surface area contributed by atoms with E-state index < -0.39 is 0 Å². The summed E-state index contributed by atoms with van der Waals surface area (Å²) in [5, 5.41) is 0. The zero-order valence-corrected chi connectivity index (χ0v) is 10.2. The molecule has 0 saturated heterocycles. The molecule has 0 radical (unpaired) electrons. The van der Waals surface area contributed by atoms with Crippen LogP contribution in [-0.2, 0) is 0 Å². The van der Waals surface area contributed by atoms with Crippen LogP contribution in [0.15, 0.2) is 4.99 Å². The molecule has 1 saturated carbocycles. The summed E-state index contributed by atoms with van der Waals surface area (Å²) in [7, 11) is 2.04. The largest absolute Gasteiger partial charge is 0.345 e. The molecular formula is C11H24N4. The van der Waals surface area contributed by atoms with Crippen molar-refractivity contribution in [3.05, 3.63) is 0 Å². The summed E-state index contributed by atoms with van der Waals surface area (Å²) in [5.41, 5.74) is 2.71. The minimum Gasteiger partial charge on any atom is -0.345 e. The van der Waals surface area contributed by atoms with Crippen molar-refractivity contribution in [3.63, 3.8) is 0 Å². The average molecular weight is 212 g/mol. The van der Waals surface area contributed by atoms with Crippen LogP contribution in [0.25, 0.3) is 0 Å². The first-order valence-corrected chi connectivity index (χ1v) is 5.89. The van der Waals surface area contributed by atoms with Crippen molar-refractivity contribution >= 4 is 5.96 Å². The van der Waals surface area contributed by atoms with Crippen LogP contribution in [0, 0.1) is 5.92 Å². The maximum atomic E-state index is 5.51. The third kappa shape index (κ3) is 4.08. The zero-order valence-electron chi connectivity index (χ0n) is 10.2. The Morgan fingerprint density at radius 3 is 2.53 bits per heavy atom. The lowest BCUT2D eigenvalue weighted by atomic mass is 10.2. The van der Waals surface area contributed by atoms with Crippen LogP contribution >= 0.6 is 0 Å². The topological polar surface area (TPSA) is 53.6 Å². The van der Waals surface area contributed by atoms with Gasteiger partial charge in [-0.2, -0.15) is 0 Å². The summed E-state index contributed by atoms with van der Waals surface area (Å²) in [6, 6.07) is 0.477. The Morgan fingerprint density at radius 1 is 1.47 bits per heavy atom. The van der Waals surface area contributed by atoms with Crippen LogP contribution in [0.3, 0.4) is 0 Å². The van der Waals surface area contributed by atoms with Crippen molar-refractivity contribution < 1.29 is 0 Å². The van der Waals surface area contributed by atoms with E-state index in [0.717, 1.165) is 12.5 Å². The summed E-state index contributed by atoms with van der Waals surface area (Å²) >= 11 is 0. The summed E-state index contributed by atoms with van der Waals surface area (Å²) in [4.78, 5) is 6.75. The maximum absolute atomic E-state index is 5.51. The Hall–Kier alpha value is -0.770. The summed E-state index contributed by atoms with van der Waals surface area (Å²) in [6.45, 7) is 5.37. The number of nitrogens with two attached hydrogens (primary N) is 1. The van der Waals surface area contributed by atoms with Gasteiger partial charge in [0.2, 0.25) is 5.96 Å². The quantitative estimate of drug-likeness (QED) is 0.321. The molecule has 15 heavy (non-hydrogen) atoms. The van der Waals surface area contributed by atoms with Crippen molar-refractivity contribution in [2.45, 2.75) is 45.6 Å². The lowest BCUT2D eigenvalue weighted by Crippen LogP contribution is -2.44. The van der Waals surface area contributed by atoms with E-state index in [1.807, 2.05) is 7.05 Å². The fourth-order valence-corrected chi connectivity index (χ4v) is 2.09. The van der Waals surface area contributed by atoms with E-state index >= 15 is 0 Å². The molecule has 0 unspecified atom stereocenters. The summed E-state index contributed by atoms with van der Waals surface area (Å²) in [6.07, 6.45) is 5.03. The van der Waals surface area contributed by atoms with Gasteiger partial charge in [0.15, 0.2) is 0 Å². The predicted molar refractivity (Wildman–Crippen MR) is 64.5 cm³/mol. The van der Waals surface area contributed by atoms with Gasteiger partial charge in [0, 0.05) is 13.6 Å². The molecule has 0 atom stereocenters. The lowest BCUT2D eigenvalue weighted by molar-refractivity contribution is 0.408. The first-order chi connectivity index (χ1) is 7.13. The number of rotatable bonds is 3. The number of nitrogens with one attached hydrogen (secondary N) is 1. The van der Waals surface area contributed by atoms with Gasteiger partial charge in [-0.3, -0.25) is 5.43 Å². The minimum atomic E-state index is 0.477. The molecule has 0 amide bonds. The van der Waals surface area contributed by atoms with Crippen LogP contribution < -0.4 is 11.3 Å². The normalized spacial score (nSPS) is 18.6. The molecule has 4 heteroatoms. The average Bonchev–Trinajstić information content (AvgIpc) is 2.65. The Morgan fingerprint density at radius 2 is 2.07 bits per heavy atom. The second kappa shape index (κ2) is 5.95. The lowest BCUT2D eigenvalue weighted by Gasteiger charge is -2.23. The second-order valence-corrected chi connectivity index (χ2v) is 4.81. The van der Waals surface area contributed by atoms with E-state index in [-0.39, 0.29) is 0 Å². The highest BCUT2D eigenvalue weighted by Gasteiger charge is 2.16. The SMILES string of the molecule is CC(C)CN(C)C(=NC1CCCC1)NN. The van der Waals surface area contributed by atoms with Crippen LogP contribution in [-0.4, -0.2) is 30.5 Å². The number of hydrogen-bond donors (Lipinski definition) is 2. The highest BCUT2D eigenvalue weighted by molar-refractivity contribution is 5.79. The third-order valence-electron chi connectivity index (χ3n) is 2.76. The Kier molecular flexibility index (Phi) is 4.88. The number of hydrazine groups is 1. The van der Waals surface area contributed by atoms with Gasteiger partial charge in [-0.15, -0.1) is 0 Å². The van der Waals surface area contributed by atoms with Crippen molar-refractivity contribution in [2.75, 3.05) is 13.6 Å². The number of guanidine groups is 1. The van der Waals surface area contributed by atoms with E-state index in [4.69, 9.17) is 5.84 Å². The predicted octanol–water partition coefficient (Wildman–Crippen LogP) is 1.34. The fraction of sp³-hybridized carbons (Fsp3) is 0.909. The molecular weight excluding hydrogens is 188 g/mol. The third-order valence-corrected chi connectivity index (χ3v) is 2.76. The summed E-state index contributed by atoms with van der Waals surface area (Å²) in [5.74, 6) is 6.96. The van der Waals surface area contributed by atoms with Crippen molar-refractivity contribution in [1.82, 2.24) is 10.3 Å². The molecule has 3 N–H and O–H groups in total. The van der Waals surface area contributed by atoms with Gasteiger partial charge in [-0.05, 0) is 18.8 Å². The first-order valence-electron chi connectivity index (χ1n) is 5.89. The van der Waals surface area contributed by atoms with Crippen molar-refractivity contribution in [2.24, 2.45) is 16.8 Å². The van der Waals surface area contributed by atoms with Gasteiger partial charge in [0.25, 0.3) is 0 Å². The van der Waals surface area contributed by atoms with Crippen LogP contribution in [0.4, 0.5) is 0 Å². The monoisotopic (exact) mass is 212 g/mol. The zero-order chi connectivity index (χ0) is 11.3. The molecule has 0 aromatic rings. The standard InChI is InChI=1S/C11H24N4/c1-9(2)8-15(3)11(14-12)13-10-6-4-5-7-10/h9-10H,4-8,12H2,1-3H3,(H,13,14). The molecule has 0 heterocycles. The molecule has 4 nitrogen and oxygen atoms in total. The first kappa shape index (κ1) is 12.3. The van der Waals surface area contributed by atoms with E-state index in [1.54, 1.807) is 0 Å². The molecule has 88 valence electrons. The van der Waals surface area contributed by atoms with Crippen LogP contribution in [0.5, 0.6) is 0 Å². The van der Waals surface area contributed by atoms with E-state index in [9.17, 15) is 0 Å². The Labute approximate surface area is 92.9 Å². The molecule has 1 fully saturated rings. The van der Waals surface area contributed by atoms with Gasteiger partial charge in [-0.25, -0.2) is 10.8 Å². The maximum Gasteiger partial charge on any atom is 0.208 e. The van der Waals surface area contributed by atoms with Crippen LogP contribution in [0.2, 0.25) is 0 Å². The molecule has 0 aromatic heterocycles. The van der Waals surface area contributed by atoms with Crippen LogP contribution in [0.1, 0.15) is 39.5 Å². The highest BCUT2D eigenvalue weighted by Crippen LogP contribution is 2.21. The van der Waals surface area contributed by atoms with Gasteiger partial charge in [0.1, 0.15) is 0 Å².